The number of carboxylic acid groups (broad SMARTS) is 1. The fourth-order valence-electron chi connectivity index (χ4n) is 4.85. The van der Waals surface area contributed by atoms with Crippen molar-refractivity contribution in [1.82, 2.24) is 4.90 Å². The van der Waals surface area contributed by atoms with Crippen LogP contribution in [0.5, 0.6) is 0 Å². The third kappa shape index (κ3) is 7.25. The minimum Gasteiger partial charge on any atom is -0.481 e. The van der Waals surface area contributed by atoms with Gasteiger partial charge in [-0.05, 0) is 55.7 Å². The number of rotatable bonds is 5. The zero-order valence-corrected chi connectivity index (χ0v) is 20.0. The summed E-state index contributed by atoms with van der Waals surface area (Å²) in [6, 6.07) is 0.645. The van der Waals surface area contributed by atoms with Gasteiger partial charge in [0.15, 0.2) is 0 Å². The van der Waals surface area contributed by atoms with Gasteiger partial charge >= 0.3 is 18.3 Å². The maximum atomic E-state index is 15.1. The summed E-state index contributed by atoms with van der Waals surface area (Å²) in [5.74, 6) is 2.78. The highest BCUT2D eigenvalue weighted by atomic mass is 19.4. The van der Waals surface area contributed by atoms with E-state index in [1.54, 1.807) is 11.8 Å². The molecule has 37 heavy (non-hydrogen) atoms. The fourth-order valence-corrected chi connectivity index (χ4v) is 4.85. The molecule has 1 aliphatic heterocycles. The molecule has 0 radical (unpaired) electrons. The molecule has 3 rings (SSSR count). The van der Waals surface area contributed by atoms with Crippen molar-refractivity contribution in [3.63, 3.8) is 0 Å². The lowest BCUT2D eigenvalue weighted by Crippen LogP contribution is -2.48. The Balaban J connectivity index is 2.03. The van der Waals surface area contributed by atoms with Gasteiger partial charge in [0.05, 0.1) is 11.1 Å². The van der Waals surface area contributed by atoms with Crippen LogP contribution in [0.4, 0.5) is 30.7 Å². The van der Waals surface area contributed by atoms with E-state index in [0.29, 0.717) is 24.5 Å². The Kier molecular flexibility index (Phi) is 8.58. The summed E-state index contributed by atoms with van der Waals surface area (Å²) in [5.41, 5.74) is -1.61. The Bertz CT molecular complexity index is 1150. The molecule has 2 aliphatic rings. The lowest BCUT2D eigenvalue weighted by Gasteiger charge is -2.45. The van der Waals surface area contributed by atoms with Crippen LogP contribution in [-0.4, -0.2) is 34.7 Å². The summed E-state index contributed by atoms with van der Waals surface area (Å²) in [4.78, 5) is 13.1. The van der Waals surface area contributed by atoms with Crippen molar-refractivity contribution in [2.75, 3.05) is 6.54 Å². The molecule has 0 spiro atoms. The fraction of sp³-hybridized carbons (Fsp3) is 0.444. The zero-order valence-electron chi connectivity index (χ0n) is 20.0. The first kappa shape index (κ1) is 28.5. The number of hydrogen-bond donors (Lipinski definition) is 1. The first-order valence-electron chi connectivity index (χ1n) is 11.6. The van der Waals surface area contributed by atoms with Crippen LogP contribution in [0.3, 0.4) is 0 Å². The highest BCUT2D eigenvalue weighted by Gasteiger charge is 2.40. The Morgan fingerprint density at radius 1 is 1.22 bits per heavy atom. The molecule has 1 unspecified atom stereocenters. The van der Waals surface area contributed by atoms with Gasteiger partial charge in [0.2, 0.25) is 0 Å². The molecule has 1 saturated heterocycles. The number of benzene rings is 1. The molecule has 0 saturated carbocycles. The third-order valence-electron chi connectivity index (χ3n) is 6.59. The number of hydrogen-bond acceptors (Lipinski definition) is 2. The molecule has 1 aliphatic carbocycles. The van der Waals surface area contributed by atoms with E-state index in [1.807, 2.05) is 0 Å². The first-order valence-corrected chi connectivity index (χ1v) is 11.6. The lowest BCUT2D eigenvalue weighted by molar-refractivity contribution is -0.139. The van der Waals surface area contributed by atoms with E-state index >= 15 is 4.39 Å². The maximum Gasteiger partial charge on any atom is 0.416 e. The van der Waals surface area contributed by atoms with Crippen LogP contribution in [0.1, 0.15) is 49.8 Å². The topological polar surface area (TPSA) is 40.5 Å². The third-order valence-corrected chi connectivity index (χ3v) is 6.59. The molecule has 3 nitrogen and oxygen atoms in total. The molecule has 1 heterocycles. The van der Waals surface area contributed by atoms with Gasteiger partial charge in [0.1, 0.15) is 11.9 Å². The van der Waals surface area contributed by atoms with E-state index < -0.39 is 53.3 Å². The Morgan fingerprint density at radius 2 is 1.92 bits per heavy atom. The summed E-state index contributed by atoms with van der Waals surface area (Å²) in [6.07, 6.45) is -5.23. The average molecular weight is 529 g/mol. The second-order valence-corrected chi connectivity index (χ2v) is 9.40. The van der Waals surface area contributed by atoms with Gasteiger partial charge in [-0.3, -0.25) is 9.69 Å². The smallest absolute Gasteiger partial charge is 0.416 e. The predicted molar refractivity (Wildman–Crippen MR) is 124 cm³/mol. The minimum atomic E-state index is -4.74. The van der Waals surface area contributed by atoms with Crippen molar-refractivity contribution in [3.05, 3.63) is 71.1 Å². The van der Waals surface area contributed by atoms with Crippen LogP contribution in [0.25, 0.3) is 0 Å². The number of allylic oxidation sites excluding steroid dienone is 4. The molecule has 200 valence electrons. The summed E-state index contributed by atoms with van der Waals surface area (Å²) in [7, 11) is 0. The van der Waals surface area contributed by atoms with Crippen molar-refractivity contribution in [3.8, 4) is 11.8 Å². The Hall–Kier alpha value is -3.06. The quantitative estimate of drug-likeness (QED) is 0.327. The molecule has 1 aromatic carbocycles. The number of carbonyl (C=O) groups is 1. The normalized spacial score (nSPS) is 23.6. The highest BCUT2D eigenvalue weighted by molar-refractivity contribution is 5.67. The van der Waals surface area contributed by atoms with E-state index in [1.165, 1.54) is 6.08 Å². The Labute approximate surface area is 210 Å². The second-order valence-electron chi connectivity index (χ2n) is 9.40. The van der Waals surface area contributed by atoms with Gasteiger partial charge < -0.3 is 5.11 Å². The molecule has 1 aromatic rings. The number of halogens is 7. The monoisotopic (exact) mass is 529 g/mol. The van der Waals surface area contributed by atoms with Crippen LogP contribution in [-0.2, 0) is 11.0 Å². The Morgan fingerprint density at radius 3 is 2.43 bits per heavy atom. The molecule has 0 aromatic heterocycles. The van der Waals surface area contributed by atoms with Gasteiger partial charge in [-0.25, -0.2) is 4.39 Å². The maximum absolute atomic E-state index is 15.1. The zero-order chi connectivity index (χ0) is 27.5. The molecule has 10 heteroatoms. The van der Waals surface area contributed by atoms with Gasteiger partial charge in [-0.2, -0.15) is 26.3 Å². The largest absolute Gasteiger partial charge is 0.481 e. The SMILES string of the molecule is C=C(C)C#C[C@@H](c1ccc(C(F)(F)F)cc1F)N1CC[C@H](CC(=O)O)C[C@@H]1C1C=CC(C(F)(F)F)=CC1. The van der Waals surface area contributed by atoms with Gasteiger partial charge in [0, 0.05) is 24.6 Å². The number of aliphatic carboxylic acids is 1. The summed E-state index contributed by atoms with van der Waals surface area (Å²) in [5, 5.41) is 9.28. The molecular formula is C27H26F7NO2. The lowest BCUT2D eigenvalue weighted by atomic mass is 9.78. The van der Waals surface area contributed by atoms with E-state index in [-0.39, 0.29) is 30.9 Å². The number of likely N-dealkylation sites (tertiary alicyclic amines) is 1. The van der Waals surface area contributed by atoms with Crippen molar-refractivity contribution < 1.29 is 40.6 Å². The highest BCUT2D eigenvalue weighted by Crippen LogP contribution is 2.41. The van der Waals surface area contributed by atoms with Crippen molar-refractivity contribution in [2.45, 2.75) is 57.0 Å². The van der Waals surface area contributed by atoms with Crippen molar-refractivity contribution in [2.24, 2.45) is 11.8 Å². The van der Waals surface area contributed by atoms with Gasteiger partial charge in [0.25, 0.3) is 0 Å². The van der Waals surface area contributed by atoms with E-state index in [4.69, 9.17) is 0 Å². The summed E-state index contributed by atoms with van der Waals surface area (Å²) < 4.78 is 93.8. The van der Waals surface area contributed by atoms with Crippen LogP contribution < -0.4 is 0 Å². The van der Waals surface area contributed by atoms with Crippen LogP contribution >= 0.6 is 0 Å². The van der Waals surface area contributed by atoms with Gasteiger partial charge in [-0.15, -0.1) is 0 Å². The predicted octanol–water partition coefficient (Wildman–Crippen LogP) is 7.09. The molecule has 4 atom stereocenters. The van der Waals surface area contributed by atoms with E-state index in [9.17, 15) is 36.2 Å². The summed E-state index contributed by atoms with van der Waals surface area (Å²) >= 11 is 0. The van der Waals surface area contributed by atoms with E-state index in [0.717, 1.165) is 24.3 Å². The van der Waals surface area contributed by atoms with Crippen molar-refractivity contribution >= 4 is 5.97 Å². The second kappa shape index (κ2) is 11.1. The molecule has 1 N–H and O–H groups in total. The summed E-state index contributed by atoms with van der Waals surface area (Å²) in [6.45, 7) is 5.54. The van der Waals surface area contributed by atoms with E-state index in [2.05, 4.69) is 18.4 Å². The number of nitrogens with zero attached hydrogens (tertiary/aromatic N) is 1. The van der Waals surface area contributed by atoms with Crippen molar-refractivity contribution in [1.29, 1.82) is 0 Å². The van der Waals surface area contributed by atoms with Gasteiger partial charge in [-0.1, -0.05) is 42.7 Å². The number of carboxylic acids is 1. The molecule has 0 amide bonds. The molecule has 1 fully saturated rings. The number of piperidine rings is 1. The van der Waals surface area contributed by atoms with Crippen LogP contribution in [0, 0.1) is 29.5 Å². The molecular weight excluding hydrogens is 503 g/mol. The van der Waals surface area contributed by atoms with Crippen LogP contribution in [0.15, 0.2) is 54.2 Å². The average Bonchev–Trinajstić information content (AvgIpc) is 2.79. The first-order chi connectivity index (χ1) is 17.2. The molecule has 0 bridgehead atoms. The van der Waals surface area contributed by atoms with Crippen LogP contribution in [0.2, 0.25) is 0 Å². The number of alkyl halides is 6. The standard InChI is InChI=1S/C27H26F7NO2/c1-16(2)3-10-23(21-9-8-20(15-22(21)28)27(32,33)34)35-12-11-17(14-25(36)37)13-24(35)18-4-6-19(7-5-18)26(29,30)31/h4,6-9,15,17-18,23-24H,1,5,11-14H2,2H3,(H,36,37)/t17-,18?,23-,24+/m0/s1. The minimum absolute atomic E-state index is 0.0163.